The first-order valence-corrected chi connectivity index (χ1v) is 20.6. The minimum Gasteiger partial charge on any atom is -0.228 e. The van der Waals surface area contributed by atoms with Gasteiger partial charge >= 0.3 is 0 Å². The summed E-state index contributed by atoms with van der Waals surface area (Å²) in [7, 11) is -3.41. The Morgan fingerprint density at radius 3 is 0.683 bits per heavy atom. The van der Waals surface area contributed by atoms with Crippen LogP contribution < -0.4 is 5.14 Å². The summed E-state index contributed by atoms with van der Waals surface area (Å²) in [4.78, 5) is 0. The molecule has 0 fully saturated rings. The van der Waals surface area contributed by atoms with Crippen molar-refractivity contribution in [3.05, 3.63) is 0 Å². The zero-order chi connectivity index (χ0) is 30.1. The Bertz CT molecular complexity index is 556. The molecule has 3 nitrogen and oxygen atoms in total. The summed E-state index contributed by atoms with van der Waals surface area (Å²) in [5.41, 5.74) is 0. The maximum atomic E-state index is 12.1. The third-order valence-electron chi connectivity index (χ3n) is 9.22. The van der Waals surface area contributed by atoms with Gasteiger partial charge in [0.05, 0.1) is 5.25 Å². The van der Waals surface area contributed by atoms with Gasteiger partial charge < -0.3 is 0 Å². The largest absolute Gasteiger partial charge is 0.228 e. The van der Waals surface area contributed by atoms with Crippen LogP contribution >= 0.6 is 0 Å². The minimum absolute atomic E-state index is 0.319. The van der Waals surface area contributed by atoms with Gasteiger partial charge in [0.15, 0.2) is 0 Å². The molecule has 0 atom stereocenters. The maximum absolute atomic E-state index is 12.1. The van der Waals surface area contributed by atoms with Crippen molar-refractivity contribution in [1.29, 1.82) is 0 Å². The molecule has 0 aromatic heterocycles. The van der Waals surface area contributed by atoms with E-state index in [9.17, 15) is 8.42 Å². The Morgan fingerprint density at radius 1 is 0.341 bits per heavy atom. The van der Waals surface area contributed by atoms with Gasteiger partial charge in [-0.15, -0.1) is 0 Å². The van der Waals surface area contributed by atoms with Gasteiger partial charge in [0.1, 0.15) is 0 Å². The summed E-state index contributed by atoms with van der Waals surface area (Å²) < 4.78 is 24.2. The van der Waals surface area contributed by atoms with Crippen molar-refractivity contribution in [2.24, 2.45) is 5.14 Å². The molecule has 0 saturated heterocycles. The standard InChI is InChI=1S/C37H77NO2S/c1-3-5-7-9-11-13-15-17-19-21-23-25-27-29-31-33-35-37(41(38,39)40)36-34-32-30-28-26-24-22-20-18-16-14-12-10-8-6-4-2/h37H,3-36H2,1-2H3,(H2,38,39,40). The van der Waals surface area contributed by atoms with Gasteiger partial charge in [-0.3, -0.25) is 0 Å². The lowest BCUT2D eigenvalue weighted by Crippen LogP contribution is -2.28. The number of nitrogens with two attached hydrogens (primary N) is 1. The van der Waals surface area contributed by atoms with Gasteiger partial charge in [-0.25, -0.2) is 13.6 Å². The Balaban J connectivity index is 3.50. The van der Waals surface area contributed by atoms with Crippen molar-refractivity contribution in [1.82, 2.24) is 0 Å². The summed E-state index contributed by atoms with van der Waals surface area (Å²) in [5.74, 6) is 0. The second kappa shape index (κ2) is 32.8. The fourth-order valence-electron chi connectivity index (χ4n) is 6.31. The fourth-order valence-corrected chi connectivity index (χ4v) is 7.30. The number of rotatable bonds is 35. The average Bonchev–Trinajstić information content (AvgIpc) is 2.95. The fraction of sp³-hybridized carbons (Fsp3) is 1.00. The summed E-state index contributed by atoms with van der Waals surface area (Å²) in [6, 6.07) is 0. The molecule has 0 spiro atoms. The van der Waals surface area contributed by atoms with E-state index in [0.717, 1.165) is 38.5 Å². The highest BCUT2D eigenvalue weighted by atomic mass is 32.2. The number of primary sulfonamides is 1. The Morgan fingerprint density at radius 2 is 0.512 bits per heavy atom. The van der Waals surface area contributed by atoms with Crippen LogP contribution in [0.3, 0.4) is 0 Å². The van der Waals surface area contributed by atoms with Crippen LogP contribution in [-0.4, -0.2) is 13.7 Å². The van der Waals surface area contributed by atoms with E-state index in [1.165, 1.54) is 180 Å². The lowest BCUT2D eigenvalue weighted by molar-refractivity contribution is 0.501. The van der Waals surface area contributed by atoms with Crippen LogP contribution in [0.1, 0.15) is 232 Å². The normalized spacial score (nSPS) is 12.1. The molecule has 0 aromatic carbocycles. The molecule has 0 aliphatic rings. The lowest BCUT2D eigenvalue weighted by atomic mass is 10.0. The molecule has 0 radical (unpaired) electrons. The zero-order valence-corrected chi connectivity index (χ0v) is 29.2. The van der Waals surface area contributed by atoms with E-state index in [1.54, 1.807) is 0 Å². The van der Waals surface area contributed by atoms with E-state index in [1.807, 2.05) is 0 Å². The van der Waals surface area contributed by atoms with E-state index in [4.69, 9.17) is 5.14 Å². The molecule has 2 N–H and O–H groups in total. The second-order valence-corrected chi connectivity index (χ2v) is 15.2. The molecule has 248 valence electrons. The van der Waals surface area contributed by atoms with Crippen LogP contribution in [0.5, 0.6) is 0 Å². The zero-order valence-electron chi connectivity index (χ0n) is 28.4. The molecule has 0 rings (SSSR count). The van der Waals surface area contributed by atoms with E-state index >= 15 is 0 Å². The van der Waals surface area contributed by atoms with Crippen LogP contribution in [0.4, 0.5) is 0 Å². The Kier molecular flexibility index (Phi) is 32.7. The van der Waals surface area contributed by atoms with E-state index in [2.05, 4.69) is 13.8 Å². The average molecular weight is 600 g/mol. The van der Waals surface area contributed by atoms with Crippen LogP contribution in [0.25, 0.3) is 0 Å². The molecule has 0 saturated carbocycles. The van der Waals surface area contributed by atoms with Gasteiger partial charge in [-0.2, -0.15) is 0 Å². The lowest BCUT2D eigenvalue weighted by Gasteiger charge is -2.14. The summed E-state index contributed by atoms with van der Waals surface area (Å²) in [5, 5.41) is 5.27. The molecule has 0 unspecified atom stereocenters. The van der Waals surface area contributed by atoms with Crippen LogP contribution in [0.2, 0.25) is 0 Å². The first-order valence-electron chi connectivity index (χ1n) is 19.0. The van der Waals surface area contributed by atoms with Gasteiger partial charge in [0.2, 0.25) is 10.0 Å². The highest BCUT2D eigenvalue weighted by Gasteiger charge is 2.20. The quantitative estimate of drug-likeness (QED) is 0.0736. The van der Waals surface area contributed by atoms with Crippen molar-refractivity contribution in [3.8, 4) is 0 Å². The molecule has 41 heavy (non-hydrogen) atoms. The van der Waals surface area contributed by atoms with E-state index < -0.39 is 10.0 Å². The van der Waals surface area contributed by atoms with Crippen LogP contribution in [0.15, 0.2) is 0 Å². The molecule has 0 heterocycles. The molecule has 0 aromatic rings. The highest BCUT2D eigenvalue weighted by molar-refractivity contribution is 7.89. The van der Waals surface area contributed by atoms with E-state index in [-0.39, 0.29) is 5.25 Å². The summed E-state index contributed by atoms with van der Waals surface area (Å²) in [6.07, 6.45) is 44.6. The predicted molar refractivity (Wildman–Crippen MR) is 185 cm³/mol. The van der Waals surface area contributed by atoms with Crippen molar-refractivity contribution >= 4 is 10.0 Å². The Hall–Kier alpha value is -0.0900. The molecular weight excluding hydrogens is 522 g/mol. The number of hydrogen-bond donors (Lipinski definition) is 1. The highest BCUT2D eigenvalue weighted by Crippen LogP contribution is 2.20. The first kappa shape index (κ1) is 40.9. The maximum Gasteiger partial charge on any atom is 0.211 e. The molecule has 0 bridgehead atoms. The summed E-state index contributed by atoms with van der Waals surface area (Å²) in [6.45, 7) is 4.57. The minimum atomic E-state index is -3.41. The second-order valence-electron chi connectivity index (χ2n) is 13.4. The molecule has 4 heteroatoms. The Labute approximate surface area is 260 Å². The number of hydrogen-bond acceptors (Lipinski definition) is 2. The SMILES string of the molecule is CCCCCCCCCCCCCCCCCCC(CCCCCCCCCCCCCCCCCC)S(N)(=O)=O. The third-order valence-corrected chi connectivity index (χ3v) is 10.6. The number of sulfonamides is 1. The monoisotopic (exact) mass is 600 g/mol. The van der Waals surface area contributed by atoms with Crippen molar-refractivity contribution in [2.75, 3.05) is 0 Å². The number of unbranched alkanes of at least 4 members (excludes halogenated alkanes) is 30. The third kappa shape index (κ3) is 32.7. The van der Waals surface area contributed by atoms with Gasteiger partial charge in [0.25, 0.3) is 0 Å². The van der Waals surface area contributed by atoms with Crippen LogP contribution in [0, 0.1) is 0 Å². The van der Waals surface area contributed by atoms with Gasteiger partial charge in [0, 0.05) is 0 Å². The van der Waals surface area contributed by atoms with Gasteiger partial charge in [-0.1, -0.05) is 219 Å². The van der Waals surface area contributed by atoms with Crippen LogP contribution in [-0.2, 0) is 10.0 Å². The van der Waals surface area contributed by atoms with Gasteiger partial charge in [-0.05, 0) is 12.8 Å². The topological polar surface area (TPSA) is 60.2 Å². The summed E-state index contributed by atoms with van der Waals surface area (Å²) >= 11 is 0. The smallest absolute Gasteiger partial charge is 0.211 e. The molecule has 0 aliphatic carbocycles. The first-order chi connectivity index (χ1) is 20.0. The van der Waals surface area contributed by atoms with Crippen molar-refractivity contribution < 1.29 is 8.42 Å². The predicted octanol–water partition coefficient (Wildman–Crippen LogP) is 12.9. The molecule has 0 amide bonds. The molecule has 0 aliphatic heterocycles. The van der Waals surface area contributed by atoms with E-state index in [0.29, 0.717) is 0 Å². The van der Waals surface area contributed by atoms with Crippen molar-refractivity contribution in [3.63, 3.8) is 0 Å². The van der Waals surface area contributed by atoms with Crippen molar-refractivity contribution in [2.45, 2.75) is 237 Å². The molecular formula is C37H77NO2S.